The lowest BCUT2D eigenvalue weighted by Gasteiger charge is -2.13. The molecule has 2 rings (SSSR count). The molecule has 0 amide bonds. The monoisotopic (exact) mass is 237 g/mol. The molecule has 0 heterocycles. The molecule has 0 aromatic heterocycles. The topological polar surface area (TPSA) is 36.4 Å². The standard InChI is InChI=1S/C14H27N3/c1-11-10-13(11)17-14(15-2)16-9-5-8-12-6-3-4-7-12/h11-13H,3-10H2,1-2H3,(H2,15,16,17). The molecule has 2 atom stereocenters. The van der Waals surface area contributed by atoms with Crippen molar-refractivity contribution in [2.75, 3.05) is 13.6 Å². The molecule has 0 bridgehead atoms. The van der Waals surface area contributed by atoms with Gasteiger partial charge in [0.1, 0.15) is 0 Å². The minimum atomic E-state index is 0.663. The predicted molar refractivity (Wildman–Crippen MR) is 73.3 cm³/mol. The van der Waals surface area contributed by atoms with E-state index in [0.29, 0.717) is 6.04 Å². The van der Waals surface area contributed by atoms with E-state index in [1.165, 1.54) is 44.9 Å². The van der Waals surface area contributed by atoms with E-state index < -0.39 is 0 Å². The van der Waals surface area contributed by atoms with Crippen LogP contribution >= 0.6 is 0 Å². The summed E-state index contributed by atoms with van der Waals surface area (Å²) in [7, 11) is 1.86. The fourth-order valence-corrected chi connectivity index (χ4v) is 2.79. The van der Waals surface area contributed by atoms with Gasteiger partial charge in [-0.1, -0.05) is 32.6 Å². The first-order valence-electron chi connectivity index (χ1n) is 7.26. The fraction of sp³-hybridized carbons (Fsp3) is 0.929. The van der Waals surface area contributed by atoms with Gasteiger partial charge in [0.15, 0.2) is 5.96 Å². The molecular formula is C14H27N3. The number of guanidine groups is 1. The molecule has 3 heteroatoms. The third-order valence-electron chi connectivity index (χ3n) is 4.21. The van der Waals surface area contributed by atoms with Crippen molar-refractivity contribution >= 4 is 5.96 Å². The average Bonchev–Trinajstić information content (AvgIpc) is 2.83. The second-order valence-corrected chi connectivity index (χ2v) is 5.76. The predicted octanol–water partition coefficient (Wildman–Crippen LogP) is 2.53. The molecule has 17 heavy (non-hydrogen) atoms. The maximum absolute atomic E-state index is 4.27. The number of hydrogen-bond acceptors (Lipinski definition) is 1. The van der Waals surface area contributed by atoms with Crippen molar-refractivity contribution in [2.45, 2.75) is 57.9 Å². The quantitative estimate of drug-likeness (QED) is 0.438. The third kappa shape index (κ3) is 4.21. The van der Waals surface area contributed by atoms with E-state index in [2.05, 4.69) is 22.5 Å². The van der Waals surface area contributed by atoms with E-state index in [0.717, 1.165) is 24.3 Å². The van der Waals surface area contributed by atoms with E-state index in [1.54, 1.807) is 0 Å². The van der Waals surface area contributed by atoms with E-state index in [-0.39, 0.29) is 0 Å². The highest BCUT2D eigenvalue weighted by molar-refractivity contribution is 5.80. The lowest BCUT2D eigenvalue weighted by atomic mass is 10.0. The van der Waals surface area contributed by atoms with Crippen LogP contribution < -0.4 is 10.6 Å². The molecule has 0 aromatic carbocycles. The molecule has 2 N–H and O–H groups in total. The largest absolute Gasteiger partial charge is 0.356 e. The van der Waals surface area contributed by atoms with Gasteiger partial charge in [-0.05, 0) is 31.1 Å². The Labute approximate surface area is 105 Å². The molecule has 2 aliphatic rings. The number of aliphatic imine (C=N–C) groups is 1. The summed E-state index contributed by atoms with van der Waals surface area (Å²) in [5.74, 6) is 2.83. The average molecular weight is 237 g/mol. The molecule has 2 fully saturated rings. The van der Waals surface area contributed by atoms with Crippen LogP contribution in [0.1, 0.15) is 51.9 Å². The van der Waals surface area contributed by atoms with Crippen LogP contribution in [0.2, 0.25) is 0 Å². The normalized spacial score (nSPS) is 29.4. The van der Waals surface area contributed by atoms with Gasteiger partial charge in [-0.3, -0.25) is 4.99 Å². The van der Waals surface area contributed by atoms with Gasteiger partial charge in [-0.2, -0.15) is 0 Å². The third-order valence-corrected chi connectivity index (χ3v) is 4.21. The number of rotatable bonds is 5. The maximum atomic E-state index is 4.27. The molecule has 2 aliphatic carbocycles. The maximum Gasteiger partial charge on any atom is 0.191 e. The second kappa shape index (κ2) is 6.27. The van der Waals surface area contributed by atoms with E-state index in [1.807, 2.05) is 7.05 Å². The van der Waals surface area contributed by atoms with Crippen molar-refractivity contribution < 1.29 is 0 Å². The minimum absolute atomic E-state index is 0.663. The van der Waals surface area contributed by atoms with Gasteiger partial charge in [-0.25, -0.2) is 0 Å². The molecule has 2 saturated carbocycles. The molecule has 0 aromatic rings. The Balaban J connectivity index is 1.53. The van der Waals surface area contributed by atoms with Crippen molar-refractivity contribution in [2.24, 2.45) is 16.8 Å². The zero-order valence-electron chi connectivity index (χ0n) is 11.3. The molecule has 0 spiro atoms. The summed E-state index contributed by atoms with van der Waals surface area (Å²) in [4.78, 5) is 4.27. The Kier molecular flexibility index (Phi) is 4.69. The van der Waals surface area contributed by atoms with Crippen LogP contribution in [0.25, 0.3) is 0 Å². The van der Waals surface area contributed by atoms with E-state index >= 15 is 0 Å². The zero-order valence-corrected chi connectivity index (χ0v) is 11.3. The van der Waals surface area contributed by atoms with Crippen LogP contribution in [0.4, 0.5) is 0 Å². The van der Waals surface area contributed by atoms with Gasteiger partial charge >= 0.3 is 0 Å². The van der Waals surface area contributed by atoms with E-state index in [9.17, 15) is 0 Å². The summed E-state index contributed by atoms with van der Waals surface area (Å²) >= 11 is 0. The first-order chi connectivity index (χ1) is 8.29. The zero-order chi connectivity index (χ0) is 12.1. The summed E-state index contributed by atoms with van der Waals surface area (Å²) in [6, 6.07) is 0.663. The first-order valence-corrected chi connectivity index (χ1v) is 7.26. The van der Waals surface area contributed by atoms with Crippen LogP contribution in [0.3, 0.4) is 0 Å². The van der Waals surface area contributed by atoms with Crippen LogP contribution in [0.5, 0.6) is 0 Å². The van der Waals surface area contributed by atoms with Crippen LogP contribution in [0.15, 0.2) is 4.99 Å². The lowest BCUT2D eigenvalue weighted by Crippen LogP contribution is -2.39. The fourth-order valence-electron chi connectivity index (χ4n) is 2.79. The Morgan fingerprint density at radius 2 is 2.00 bits per heavy atom. The van der Waals surface area contributed by atoms with Gasteiger partial charge in [-0.15, -0.1) is 0 Å². The summed E-state index contributed by atoms with van der Waals surface area (Å²) in [6.45, 7) is 3.35. The Morgan fingerprint density at radius 1 is 1.29 bits per heavy atom. The first kappa shape index (κ1) is 12.7. The van der Waals surface area contributed by atoms with Gasteiger partial charge in [0.05, 0.1) is 0 Å². The van der Waals surface area contributed by atoms with Gasteiger partial charge in [0.2, 0.25) is 0 Å². The number of nitrogens with one attached hydrogen (secondary N) is 2. The molecule has 0 saturated heterocycles. The summed E-state index contributed by atoms with van der Waals surface area (Å²) in [6.07, 6.45) is 9.82. The van der Waals surface area contributed by atoms with Crippen molar-refractivity contribution in [3.05, 3.63) is 0 Å². The SMILES string of the molecule is CN=C(NCCCC1CCCC1)NC1CC1C. The van der Waals surface area contributed by atoms with Crippen LogP contribution in [0, 0.1) is 11.8 Å². The van der Waals surface area contributed by atoms with Crippen molar-refractivity contribution in [1.82, 2.24) is 10.6 Å². The minimum Gasteiger partial charge on any atom is -0.356 e. The van der Waals surface area contributed by atoms with Crippen LogP contribution in [-0.2, 0) is 0 Å². The highest BCUT2D eigenvalue weighted by Crippen LogP contribution is 2.29. The lowest BCUT2D eigenvalue weighted by molar-refractivity contribution is 0.481. The Hall–Kier alpha value is -0.730. The smallest absolute Gasteiger partial charge is 0.191 e. The molecular weight excluding hydrogens is 210 g/mol. The molecule has 0 aliphatic heterocycles. The second-order valence-electron chi connectivity index (χ2n) is 5.76. The van der Waals surface area contributed by atoms with Gasteiger partial charge in [0, 0.05) is 19.6 Å². The molecule has 3 nitrogen and oxygen atoms in total. The Morgan fingerprint density at radius 3 is 2.59 bits per heavy atom. The van der Waals surface area contributed by atoms with Crippen LogP contribution in [-0.4, -0.2) is 25.6 Å². The van der Waals surface area contributed by atoms with E-state index in [4.69, 9.17) is 0 Å². The van der Waals surface area contributed by atoms with Gasteiger partial charge < -0.3 is 10.6 Å². The highest BCUT2D eigenvalue weighted by atomic mass is 15.2. The van der Waals surface area contributed by atoms with Crippen molar-refractivity contribution in [3.8, 4) is 0 Å². The summed E-state index contributed by atoms with van der Waals surface area (Å²) < 4.78 is 0. The van der Waals surface area contributed by atoms with Gasteiger partial charge in [0.25, 0.3) is 0 Å². The molecule has 2 unspecified atom stereocenters. The van der Waals surface area contributed by atoms with Crippen molar-refractivity contribution in [1.29, 1.82) is 0 Å². The highest BCUT2D eigenvalue weighted by Gasteiger charge is 2.33. The number of nitrogens with zero attached hydrogens (tertiary/aromatic N) is 1. The summed E-state index contributed by atoms with van der Waals surface area (Å²) in [5.41, 5.74) is 0. The Bertz CT molecular complexity index is 256. The molecule has 98 valence electrons. The number of hydrogen-bond donors (Lipinski definition) is 2. The van der Waals surface area contributed by atoms with Crippen molar-refractivity contribution in [3.63, 3.8) is 0 Å². The molecule has 0 radical (unpaired) electrons. The summed E-state index contributed by atoms with van der Waals surface area (Å²) in [5, 5.41) is 6.88.